The van der Waals surface area contributed by atoms with Crippen LogP contribution in [0.5, 0.6) is 0 Å². The molecule has 6 N–H and O–H groups in total. The molecule has 0 amide bonds. The molecular formula is C18H26F3N7O7. The Balaban J connectivity index is 0.000000762. The number of halogens is 3. The maximum atomic E-state index is 12.0. The van der Waals surface area contributed by atoms with Gasteiger partial charge >= 0.3 is 23.8 Å². The molecule has 4 atom stereocenters. The van der Waals surface area contributed by atoms with Gasteiger partial charge in [-0.05, 0) is 31.8 Å². The van der Waals surface area contributed by atoms with Gasteiger partial charge in [0.25, 0.3) is 5.56 Å². The minimum absolute atomic E-state index is 0.166. The summed E-state index contributed by atoms with van der Waals surface area (Å²) < 4.78 is 43.9. The molecule has 14 nitrogen and oxygen atoms in total. The number of nitrogens with zero attached hydrogens (tertiary/aromatic N) is 4. The number of carboxylic acid groups (broad SMARTS) is 1. The lowest BCUT2D eigenvalue weighted by Crippen LogP contribution is -2.36. The Bertz CT molecular complexity index is 1040. The summed E-state index contributed by atoms with van der Waals surface area (Å²) in [4.78, 5) is 49.5. The Kier molecular flexibility index (Phi) is 11.4. The van der Waals surface area contributed by atoms with Gasteiger partial charge in [0.2, 0.25) is 0 Å². The lowest BCUT2D eigenvalue weighted by molar-refractivity contribution is -0.192. The van der Waals surface area contributed by atoms with Crippen molar-refractivity contribution in [2.24, 2.45) is 16.6 Å². The van der Waals surface area contributed by atoms with Crippen molar-refractivity contribution in [1.82, 2.24) is 9.55 Å². The highest BCUT2D eigenvalue weighted by Gasteiger charge is 2.38. The van der Waals surface area contributed by atoms with Crippen molar-refractivity contribution in [2.75, 3.05) is 13.2 Å². The number of aromatic amines is 1. The number of nitrogens with one attached hydrogen (secondary N) is 1. The second-order valence-electron chi connectivity index (χ2n) is 7.44. The van der Waals surface area contributed by atoms with Crippen LogP contribution in [0.1, 0.15) is 37.5 Å². The average Bonchev–Trinajstić information content (AvgIpc) is 3.17. The molecule has 17 heteroatoms. The molecule has 0 aliphatic carbocycles. The van der Waals surface area contributed by atoms with Gasteiger partial charge in [-0.25, -0.2) is 9.59 Å². The fourth-order valence-electron chi connectivity index (χ4n) is 2.92. The van der Waals surface area contributed by atoms with E-state index in [9.17, 15) is 27.6 Å². The SMILES string of the molecule is Cc1cn([C@H]2C[C@H](N=[N+]=[N-])[C@@H](COC(=O)C(N)CCCCN)O2)c(=O)[nH]c1=O.O=C(O)C(F)(F)F. The minimum Gasteiger partial charge on any atom is -0.475 e. The van der Waals surface area contributed by atoms with Crippen molar-refractivity contribution >= 4 is 11.9 Å². The fourth-order valence-corrected chi connectivity index (χ4v) is 2.92. The number of alkyl halides is 3. The van der Waals surface area contributed by atoms with Crippen molar-refractivity contribution in [3.63, 3.8) is 0 Å². The number of hydrogen-bond acceptors (Lipinski definition) is 9. The molecule has 0 radical (unpaired) electrons. The zero-order chi connectivity index (χ0) is 26.8. The molecular weight excluding hydrogens is 483 g/mol. The molecule has 1 saturated heterocycles. The Hall–Kier alpha value is -3.40. The molecule has 0 saturated carbocycles. The van der Waals surface area contributed by atoms with Crippen LogP contribution in [0.3, 0.4) is 0 Å². The van der Waals surface area contributed by atoms with Crippen molar-refractivity contribution in [3.05, 3.63) is 43.0 Å². The molecule has 1 aliphatic heterocycles. The number of aryl methyl sites for hydroxylation is 1. The van der Waals surface area contributed by atoms with Gasteiger partial charge < -0.3 is 26.0 Å². The molecule has 1 aromatic rings. The number of unbranched alkanes of at least 4 members (excludes halogenated alkanes) is 1. The number of aliphatic carboxylic acids is 1. The van der Waals surface area contributed by atoms with E-state index in [1.165, 1.54) is 10.8 Å². The summed E-state index contributed by atoms with van der Waals surface area (Å²) in [7, 11) is 0. The van der Waals surface area contributed by atoms with Gasteiger partial charge in [-0.15, -0.1) is 0 Å². The third-order valence-electron chi connectivity index (χ3n) is 4.76. The number of aromatic nitrogens is 2. The summed E-state index contributed by atoms with van der Waals surface area (Å²) in [5.74, 6) is -3.34. The zero-order valence-corrected chi connectivity index (χ0v) is 18.6. The normalized spacial score (nSPS) is 20.2. The topological polar surface area (TPSA) is 228 Å². The lowest BCUT2D eigenvalue weighted by Gasteiger charge is -2.18. The van der Waals surface area contributed by atoms with Crippen LogP contribution in [0.25, 0.3) is 10.4 Å². The van der Waals surface area contributed by atoms with E-state index in [2.05, 4.69) is 15.0 Å². The molecule has 1 aromatic heterocycles. The summed E-state index contributed by atoms with van der Waals surface area (Å²) in [6, 6.07) is -1.42. The van der Waals surface area contributed by atoms with E-state index in [1.54, 1.807) is 6.92 Å². The zero-order valence-electron chi connectivity index (χ0n) is 18.6. The monoisotopic (exact) mass is 509 g/mol. The largest absolute Gasteiger partial charge is 0.490 e. The highest BCUT2D eigenvalue weighted by atomic mass is 19.4. The quantitative estimate of drug-likeness (QED) is 0.119. The van der Waals surface area contributed by atoms with Gasteiger partial charge in [-0.2, -0.15) is 13.2 Å². The smallest absolute Gasteiger partial charge is 0.475 e. The maximum absolute atomic E-state index is 12.0. The number of carboxylic acids is 1. The maximum Gasteiger partial charge on any atom is 0.490 e. The summed E-state index contributed by atoms with van der Waals surface area (Å²) in [5, 5.41) is 10.8. The molecule has 2 heterocycles. The number of esters is 1. The number of rotatable bonds is 9. The lowest BCUT2D eigenvalue weighted by atomic mass is 10.1. The first kappa shape index (κ1) is 29.6. The van der Waals surface area contributed by atoms with E-state index in [0.717, 1.165) is 6.42 Å². The van der Waals surface area contributed by atoms with Crippen molar-refractivity contribution < 1.29 is 37.3 Å². The molecule has 1 unspecified atom stereocenters. The van der Waals surface area contributed by atoms with E-state index in [4.69, 9.17) is 36.4 Å². The molecule has 35 heavy (non-hydrogen) atoms. The first-order valence-electron chi connectivity index (χ1n) is 10.3. The second-order valence-corrected chi connectivity index (χ2v) is 7.44. The summed E-state index contributed by atoms with van der Waals surface area (Å²) in [6.07, 6.45) is -3.08. The number of ether oxygens (including phenoxy) is 2. The summed E-state index contributed by atoms with van der Waals surface area (Å²) in [5.41, 5.74) is 19.2. The number of carbonyl (C=O) groups excluding carboxylic acids is 1. The van der Waals surface area contributed by atoms with Crippen LogP contribution in [-0.4, -0.2) is 64.1 Å². The second kappa shape index (κ2) is 13.5. The molecule has 0 aromatic carbocycles. The predicted octanol–water partition coefficient (Wildman–Crippen LogP) is 0.444. The van der Waals surface area contributed by atoms with Crippen LogP contribution in [0.4, 0.5) is 13.2 Å². The van der Waals surface area contributed by atoms with Crippen LogP contribution in [-0.2, 0) is 19.1 Å². The minimum atomic E-state index is -5.08. The van der Waals surface area contributed by atoms with Crippen LogP contribution in [0.2, 0.25) is 0 Å². The Labute approximate surface area is 195 Å². The van der Waals surface area contributed by atoms with Crippen molar-refractivity contribution in [1.29, 1.82) is 0 Å². The Morgan fingerprint density at radius 3 is 2.60 bits per heavy atom. The third-order valence-corrected chi connectivity index (χ3v) is 4.76. The van der Waals surface area contributed by atoms with Crippen LogP contribution in [0.15, 0.2) is 20.9 Å². The average molecular weight is 509 g/mol. The summed E-state index contributed by atoms with van der Waals surface area (Å²) >= 11 is 0. The van der Waals surface area contributed by atoms with E-state index < -0.39 is 53.8 Å². The third kappa shape index (κ3) is 9.40. The first-order valence-corrected chi connectivity index (χ1v) is 10.3. The first-order chi connectivity index (χ1) is 16.3. The number of H-pyrrole nitrogens is 1. The predicted molar refractivity (Wildman–Crippen MR) is 113 cm³/mol. The number of azide groups is 1. The van der Waals surface area contributed by atoms with Gasteiger partial charge in [0.15, 0.2) is 0 Å². The van der Waals surface area contributed by atoms with Gasteiger partial charge in [0, 0.05) is 23.1 Å². The number of hydrogen-bond donors (Lipinski definition) is 4. The van der Waals surface area contributed by atoms with E-state index >= 15 is 0 Å². The van der Waals surface area contributed by atoms with Crippen LogP contribution in [0, 0.1) is 6.92 Å². The molecule has 1 aliphatic rings. The van der Waals surface area contributed by atoms with Gasteiger partial charge in [0.05, 0.1) is 6.04 Å². The Morgan fingerprint density at radius 2 is 2.06 bits per heavy atom. The Morgan fingerprint density at radius 1 is 1.43 bits per heavy atom. The van der Waals surface area contributed by atoms with Crippen LogP contribution < -0.4 is 22.7 Å². The van der Waals surface area contributed by atoms with Gasteiger partial charge in [-0.1, -0.05) is 11.5 Å². The standard InChI is InChI=1S/C16H25N7O5.C2HF3O2/c1-9-7-23(16(26)20-14(9)24)13-6-11(21-22-19)12(28-13)8-27-15(25)10(18)4-2-3-5-17;3-2(4,5)1(6)7/h7,10-13H,2-6,8,17-18H2,1H3,(H,20,24,26);(H,6,7)/t10?,11-,12+,13+;/m0./s1. The fraction of sp³-hybridized carbons (Fsp3) is 0.667. The molecule has 0 spiro atoms. The van der Waals surface area contributed by atoms with Gasteiger partial charge in [-0.3, -0.25) is 19.1 Å². The molecule has 0 bridgehead atoms. The highest BCUT2D eigenvalue weighted by Crippen LogP contribution is 2.30. The van der Waals surface area contributed by atoms with E-state index in [1.807, 2.05) is 0 Å². The number of carbonyl (C=O) groups is 2. The van der Waals surface area contributed by atoms with E-state index in [0.29, 0.717) is 24.9 Å². The highest BCUT2D eigenvalue weighted by molar-refractivity contribution is 5.75. The van der Waals surface area contributed by atoms with E-state index in [-0.39, 0.29) is 13.0 Å². The molecule has 2 rings (SSSR count). The molecule has 1 fully saturated rings. The van der Waals surface area contributed by atoms with Crippen molar-refractivity contribution in [3.8, 4) is 0 Å². The summed E-state index contributed by atoms with van der Waals surface area (Å²) in [6.45, 7) is 1.91. The number of nitrogens with two attached hydrogens (primary N) is 2. The molecule has 196 valence electrons. The van der Waals surface area contributed by atoms with Gasteiger partial charge in [0.1, 0.15) is 25.0 Å². The van der Waals surface area contributed by atoms with Crippen molar-refractivity contribution in [2.45, 2.75) is 63.2 Å². The van der Waals surface area contributed by atoms with Crippen LogP contribution >= 0.6 is 0 Å².